The lowest BCUT2D eigenvalue weighted by Crippen LogP contribution is -2.55. The number of carbonyl (C=O) groups excluding carboxylic acids is 4. The molecule has 11 nitrogen and oxygen atoms in total. The van der Waals surface area contributed by atoms with Crippen molar-refractivity contribution in [2.45, 2.75) is 25.3 Å². The molecule has 2 aliphatic rings. The van der Waals surface area contributed by atoms with E-state index in [0.717, 1.165) is 55.5 Å². The van der Waals surface area contributed by atoms with Gasteiger partial charge in [0.15, 0.2) is 5.78 Å². The van der Waals surface area contributed by atoms with Gasteiger partial charge in [0.05, 0.1) is 34.4 Å². The van der Waals surface area contributed by atoms with E-state index in [9.17, 15) is 19.2 Å². The molecule has 3 amide bonds. The van der Waals surface area contributed by atoms with E-state index in [4.69, 9.17) is 9.72 Å². The molecule has 1 saturated heterocycles. The van der Waals surface area contributed by atoms with E-state index in [1.54, 1.807) is 29.5 Å². The molecule has 0 bridgehead atoms. The monoisotopic (exact) mass is 688 g/mol. The Morgan fingerprint density at radius 1 is 0.940 bits per heavy atom. The van der Waals surface area contributed by atoms with Gasteiger partial charge >= 0.3 is 0 Å². The van der Waals surface area contributed by atoms with Crippen LogP contribution in [0.4, 0.5) is 11.5 Å². The van der Waals surface area contributed by atoms with Crippen molar-refractivity contribution in [3.63, 3.8) is 0 Å². The molecule has 1 fully saturated rings. The van der Waals surface area contributed by atoms with Crippen LogP contribution in [0.1, 0.15) is 39.1 Å². The molecule has 2 N–H and O–H groups in total. The number of piperidine rings is 1. The van der Waals surface area contributed by atoms with Gasteiger partial charge in [-0.2, -0.15) is 0 Å². The number of nitrogens with one attached hydrogen (secondary N) is 2. The number of imide groups is 1. The van der Waals surface area contributed by atoms with Crippen molar-refractivity contribution in [1.82, 2.24) is 20.2 Å². The largest absolute Gasteiger partial charge is 0.382 e. The first-order valence-corrected chi connectivity index (χ1v) is 17.3. The summed E-state index contributed by atoms with van der Waals surface area (Å²) >= 11 is 1.69. The molecule has 50 heavy (non-hydrogen) atoms. The summed E-state index contributed by atoms with van der Waals surface area (Å²) in [6.45, 7) is 1.35. The van der Waals surface area contributed by atoms with Gasteiger partial charge in [-0.25, -0.2) is 9.97 Å². The standard InChI is InChI=1S/C38H36N6O5S/c1-43(2)33-15-13-26(21-40-33)24-9-11-25(12-10-24)36-42-28-14-8-23(19-32(28)50-36)5-4-17-49-18-16-39-29-7-3-6-27-35(29)38(48)44(37(27)47)30-22-41-34(46)20-31(30)45/h3,6-15,19,21,30,39H,4-5,16-18,20,22H2,1-2H3,(H,41,46). The Kier molecular flexibility index (Phi) is 9.38. The lowest BCUT2D eigenvalue weighted by atomic mass is 10.0. The Hall–Kier alpha value is -5.46. The summed E-state index contributed by atoms with van der Waals surface area (Å²) in [5.41, 5.74) is 6.47. The van der Waals surface area contributed by atoms with Gasteiger partial charge < -0.3 is 20.3 Å². The number of hydrogen-bond donors (Lipinski definition) is 2. The van der Waals surface area contributed by atoms with Gasteiger partial charge in [-0.1, -0.05) is 36.4 Å². The van der Waals surface area contributed by atoms with E-state index in [0.29, 0.717) is 25.4 Å². The highest BCUT2D eigenvalue weighted by molar-refractivity contribution is 7.21. The summed E-state index contributed by atoms with van der Waals surface area (Å²) < 4.78 is 7.01. The number of amides is 3. The van der Waals surface area contributed by atoms with Crippen molar-refractivity contribution in [2.24, 2.45) is 0 Å². The maximum atomic E-state index is 13.3. The van der Waals surface area contributed by atoms with Crippen molar-refractivity contribution < 1.29 is 23.9 Å². The van der Waals surface area contributed by atoms with E-state index < -0.39 is 29.5 Å². The third kappa shape index (κ3) is 6.72. The fourth-order valence-corrected chi connectivity index (χ4v) is 7.28. The Morgan fingerprint density at radius 2 is 1.74 bits per heavy atom. The van der Waals surface area contributed by atoms with Crippen LogP contribution in [0.2, 0.25) is 0 Å². The van der Waals surface area contributed by atoms with Crippen LogP contribution in [0.25, 0.3) is 31.9 Å². The number of anilines is 2. The second kappa shape index (κ2) is 14.2. The van der Waals surface area contributed by atoms with Crippen molar-refractivity contribution in [3.05, 3.63) is 95.7 Å². The lowest BCUT2D eigenvalue weighted by molar-refractivity contribution is -0.133. The molecule has 2 aliphatic heterocycles. The van der Waals surface area contributed by atoms with E-state index in [-0.39, 0.29) is 24.1 Å². The lowest BCUT2D eigenvalue weighted by Gasteiger charge is -2.28. The maximum Gasteiger partial charge on any atom is 0.264 e. The van der Waals surface area contributed by atoms with Crippen molar-refractivity contribution >= 4 is 56.6 Å². The molecule has 2 aromatic heterocycles. The second-order valence-corrected chi connectivity index (χ2v) is 13.5. The molecule has 5 aromatic rings. The van der Waals surface area contributed by atoms with E-state index in [1.807, 2.05) is 31.3 Å². The molecule has 12 heteroatoms. The fourth-order valence-electron chi connectivity index (χ4n) is 6.24. The van der Waals surface area contributed by atoms with Gasteiger partial charge in [0.1, 0.15) is 16.9 Å². The van der Waals surface area contributed by atoms with Crippen LogP contribution in [-0.4, -0.2) is 84.8 Å². The van der Waals surface area contributed by atoms with Gasteiger partial charge in [-0.15, -0.1) is 11.3 Å². The quantitative estimate of drug-likeness (QED) is 0.103. The predicted octanol–water partition coefficient (Wildman–Crippen LogP) is 5.21. The number of aryl methyl sites for hydroxylation is 1. The van der Waals surface area contributed by atoms with Gasteiger partial charge in [0.2, 0.25) is 5.91 Å². The minimum absolute atomic E-state index is 0.0697. The third-order valence-corrected chi connectivity index (χ3v) is 9.96. The van der Waals surface area contributed by atoms with E-state index >= 15 is 0 Å². The number of hydrogen-bond acceptors (Lipinski definition) is 10. The number of fused-ring (bicyclic) bond motifs is 2. The SMILES string of the molecule is CN(C)c1ccc(-c2ccc(-c3nc4ccc(CCCOCCNc5cccc6c5C(=O)N(C5CNC(=O)CC5=O)C6=O)cc4s3)cc2)cn1. The number of thiazole rings is 1. The van der Waals surface area contributed by atoms with Crippen molar-refractivity contribution in [1.29, 1.82) is 0 Å². The third-order valence-electron chi connectivity index (χ3n) is 8.90. The summed E-state index contributed by atoms with van der Waals surface area (Å²) in [6, 6.07) is 23.0. The minimum Gasteiger partial charge on any atom is -0.382 e. The minimum atomic E-state index is -0.997. The maximum absolute atomic E-state index is 13.3. The number of ketones is 1. The number of nitrogens with zero attached hydrogens (tertiary/aromatic N) is 4. The number of ether oxygens (including phenoxy) is 1. The smallest absolute Gasteiger partial charge is 0.264 e. The Labute approximate surface area is 293 Å². The van der Waals surface area contributed by atoms with Crippen LogP contribution in [0.3, 0.4) is 0 Å². The topological polar surface area (TPSA) is 134 Å². The summed E-state index contributed by atoms with van der Waals surface area (Å²) in [6.07, 6.45) is 3.27. The average molecular weight is 689 g/mol. The van der Waals surface area contributed by atoms with Crippen molar-refractivity contribution in [3.8, 4) is 21.7 Å². The Morgan fingerprint density at radius 3 is 2.50 bits per heavy atom. The van der Waals surface area contributed by atoms with Crippen LogP contribution in [0.15, 0.2) is 79.0 Å². The van der Waals surface area contributed by atoms with Crippen LogP contribution in [-0.2, 0) is 20.7 Å². The molecule has 0 radical (unpaired) electrons. The zero-order valence-corrected chi connectivity index (χ0v) is 28.6. The molecule has 0 saturated carbocycles. The molecule has 0 spiro atoms. The molecule has 254 valence electrons. The van der Waals surface area contributed by atoms with E-state index in [1.165, 1.54) is 5.56 Å². The fraction of sp³-hybridized carbons (Fsp3) is 0.263. The second-order valence-electron chi connectivity index (χ2n) is 12.5. The molecule has 7 rings (SSSR count). The van der Waals surface area contributed by atoms with Gasteiger partial charge in [-0.05, 0) is 60.4 Å². The average Bonchev–Trinajstić information content (AvgIpc) is 3.66. The highest BCUT2D eigenvalue weighted by atomic mass is 32.1. The molecule has 0 aliphatic carbocycles. The highest BCUT2D eigenvalue weighted by Gasteiger charge is 2.45. The first kappa shape index (κ1) is 33.1. The zero-order chi connectivity index (χ0) is 34.8. The molecule has 1 unspecified atom stereocenters. The number of Topliss-reactive ketones (excluding diaryl/α,β-unsaturated/α-hetero) is 1. The summed E-state index contributed by atoms with van der Waals surface area (Å²) in [5, 5.41) is 6.77. The summed E-state index contributed by atoms with van der Waals surface area (Å²) in [5.74, 6) is -0.980. The molecular formula is C38H36N6O5S. The van der Waals surface area contributed by atoms with Crippen LogP contribution in [0, 0.1) is 0 Å². The van der Waals surface area contributed by atoms with Crippen LogP contribution in [0.5, 0.6) is 0 Å². The van der Waals surface area contributed by atoms with Gasteiger partial charge in [-0.3, -0.25) is 24.1 Å². The van der Waals surface area contributed by atoms with E-state index in [2.05, 4.69) is 64.1 Å². The van der Waals surface area contributed by atoms with Crippen LogP contribution < -0.4 is 15.5 Å². The Balaban J connectivity index is 0.884. The summed E-state index contributed by atoms with van der Waals surface area (Å²) in [7, 11) is 3.96. The predicted molar refractivity (Wildman–Crippen MR) is 194 cm³/mol. The molecule has 4 heterocycles. The van der Waals surface area contributed by atoms with Gasteiger partial charge in [0.25, 0.3) is 11.8 Å². The number of benzene rings is 3. The van der Waals surface area contributed by atoms with Gasteiger partial charge in [0, 0.05) is 56.8 Å². The number of carbonyl (C=O) groups is 4. The normalized spacial score (nSPS) is 15.8. The molecule has 3 aromatic carbocycles. The van der Waals surface area contributed by atoms with Crippen molar-refractivity contribution in [2.75, 3.05) is 50.6 Å². The first-order valence-electron chi connectivity index (χ1n) is 16.5. The Bertz CT molecular complexity index is 2090. The highest BCUT2D eigenvalue weighted by Crippen LogP contribution is 2.33. The first-order chi connectivity index (χ1) is 24.3. The number of pyridine rings is 1. The van der Waals surface area contributed by atoms with Crippen LogP contribution >= 0.6 is 11.3 Å². The zero-order valence-electron chi connectivity index (χ0n) is 27.8. The summed E-state index contributed by atoms with van der Waals surface area (Å²) in [4.78, 5) is 62.7. The number of rotatable bonds is 12. The number of aromatic nitrogens is 2. The molecular weight excluding hydrogens is 653 g/mol. The molecule has 1 atom stereocenters.